The summed E-state index contributed by atoms with van der Waals surface area (Å²) in [5.41, 5.74) is 2.04. The highest BCUT2D eigenvalue weighted by Crippen LogP contribution is 2.30. The van der Waals surface area contributed by atoms with Crippen molar-refractivity contribution >= 4 is 33.4 Å². The van der Waals surface area contributed by atoms with Crippen molar-refractivity contribution in [3.8, 4) is 0 Å². The molecule has 2 aromatic heterocycles. The first-order chi connectivity index (χ1) is 13.1. The van der Waals surface area contributed by atoms with Crippen LogP contribution in [0.15, 0.2) is 62.2 Å². The maximum atomic E-state index is 12.7. The summed E-state index contributed by atoms with van der Waals surface area (Å²) in [5.74, 6) is 0.558. The topological polar surface area (TPSA) is 84.5 Å². The van der Waals surface area contributed by atoms with Crippen LogP contribution in [0.1, 0.15) is 51.1 Å². The molecule has 1 aliphatic rings. The van der Waals surface area contributed by atoms with Gasteiger partial charge in [-0.05, 0) is 65.2 Å². The number of carbonyl (C=O) groups is 2. The zero-order valence-electron chi connectivity index (χ0n) is 14.3. The average Bonchev–Trinajstić information content (AvgIpc) is 3.31. The summed E-state index contributed by atoms with van der Waals surface area (Å²) in [7, 11) is 0. The van der Waals surface area contributed by atoms with Crippen LogP contribution in [0.5, 0.6) is 0 Å². The SMILES string of the molecule is O=C(NC1CCCc2occc21)c1cccc(NC(=O)c2ccc(Br)o2)c1. The van der Waals surface area contributed by atoms with Gasteiger partial charge in [0, 0.05) is 23.2 Å². The zero-order chi connectivity index (χ0) is 18.8. The number of carbonyl (C=O) groups excluding carboxylic acids is 2. The Hall–Kier alpha value is -2.80. The second-order valence-electron chi connectivity index (χ2n) is 6.36. The Morgan fingerprint density at radius 3 is 2.81 bits per heavy atom. The van der Waals surface area contributed by atoms with E-state index in [-0.39, 0.29) is 23.6 Å². The van der Waals surface area contributed by atoms with E-state index in [1.807, 2.05) is 6.07 Å². The fraction of sp³-hybridized carbons (Fsp3) is 0.200. The Kier molecular flexibility index (Phi) is 4.85. The highest BCUT2D eigenvalue weighted by Gasteiger charge is 2.24. The van der Waals surface area contributed by atoms with Gasteiger partial charge in [0.05, 0.1) is 12.3 Å². The first kappa shape index (κ1) is 17.6. The number of halogens is 1. The van der Waals surface area contributed by atoms with E-state index in [4.69, 9.17) is 8.83 Å². The van der Waals surface area contributed by atoms with Crippen molar-refractivity contribution in [3.05, 3.63) is 76.0 Å². The molecule has 1 atom stereocenters. The van der Waals surface area contributed by atoms with Crippen molar-refractivity contribution in [1.82, 2.24) is 5.32 Å². The van der Waals surface area contributed by atoms with Crippen molar-refractivity contribution in [1.29, 1.82) is 0 Å². The molecule has 0 bridgehead atoms. The Morgan fingerprint density at radius 2 is 2.00 bits per heavy atom. The zero-order valence-corrected chi connectivity index (χ0v) is 15.9. The second kappa shape index (κ2) is 7.44. The van der Waals surface area contributed by atoms with Crippen molar-refractivity contribution in [2.75, 3.05) is 5.32 Å². The Morgan fingerprint density at radius 1 is 1.11 bits per heavy atom. The third-order valence-corrected chi connectivity index (χ3v) is 4.96. The van der Waals surface area contributed by atoms with E-state index < -0.39 is 0 Å². The lowest BCUT2D eigenvalue weighted by molar-refractivity contribution is 0.0930. The highest BCUT2D eigenvalue weighted by atomic mass is 79.9. The summed E-state index contributed by atoms with van der Waals surface area (Å²) in [5, 5.41) is 5.79. The van der Waals surface area contributed by atoms with Gasteiger partial charge in [-0.25, -0.2) is 0 Å². The normalized spacial score (nSPS) is 15.8. The van der Waals surface area contributed by atoms with Crippen molar-refractivity contribution in [3.63, 3.8) is 0 Å². The van der Waals surface area contributed by atoms with Gasteiger partial charge in [0.15, 0.2) is 10.4 Å². The van der Waals surface area contributed by atoms with Crippen LogP contribution >= 0.6 is 15.9 Å². The lowest BCUT2D eigenvalue weighted by Gasteiger charge is -2.22. The molecule has 0 fully saturated rings. The molecule has 4 rings (SSSR count). The number of hydrogen-bond acceptors (Lipinski definition) is 4. The van der Waals surface area contributed by atoms with E-state index in [0.717, 1.165) is 30.6 Å². The van der Waals surface area contributed by atoms with Gasteiger partial charge >= 0.3 is 0 Å². The van der Waals surface area contributed by atoms with Crippen LogP contribution in [0.4, 0.5) is 5.69 Å². The van der Waals surface area contributed by atoms with Crippen LogP contribution in [-0.4, -0.2) is 11.8 Å². The van der Waals surface area contributed by atoms with Gasteiger partial charge in [0.25, 0.3) is 11.8 Å². The maximum absolute atomic E-state index is 12.7. The summed E-state index contributed by atoms with van der Waals surface area (Å²) in [6.07, 6.45) is 4.42. The minimum atomic E-state index is -0.381. The third kappa shape index (κ3) is 3.83. The standard InChI is InChI=1S/C20H17BrN2O4/c21-18-8-7-17(27-18)20(25)22-13-4-1-3-12(11-13)19(24)23-15-5-2-6-16-14(15)9-10-26-16/h1,3-4,7-11,15H,2,5-6H2,(H,22,25)(H,23,24). The summed E-state index contributed by atoms with van der Waals surface area (Å²) >= 11 is 3.17. The molecule has 6 nitrogen and oxygen atoms in total. The van der Waals surface area contributed by atoms with Gasteiger partial charge in [0.2, 0.25) is 0 Å². The van der Waals surface area contributed by atoms with Crippen LogP contribution in [0.25, 0.3) is 0 Å². The number of anilines is 1. The van der Waals surface area contributed by atoms with Crippen LogP contribution in [-0.2, 0) is 6.42 Å². The molecule has 0 radical (unpaired) electrons. The Labute approximate surface area is 164 Å². The lowest BCUT2D eigenvalue weighted by atomic mass is 9.93. The van der Waals surface area contributed by atoms with Gasteiger partial charge in [-0.3, -0.25) is 9.59 Å². The molecule has 1 aromatic carbocycles. The number of amides is 2. The molecule has 27 heavy (non-hydrogen) atoms. The van der Waals surface area contributed by atoms with Gasteiger partial charge in [-0.1, -0.05) is 6.07 Å². The van der Waals surface area contributed by atoms with Gasteiger partial charge in [-0.15, -0.1) is 0 Å². The molecular weight excluding hydrogens is 412 g/mol. The van der Waals surface area contributed by atoms with E-state index in [0.29, 0.717) is 15.9 Å². The minimum absolute atomic E-state index is 0.0567. The van der Waals surface area contributed by atoms with Crippen molar-refractivity contribution in [2.45, 2.75) is 25.3 Å². The third-order valence-electron chi connectivity index (χ3n) is 4.54. The highest BCUT2D eigenvalue weighted by molar-refractivity contribution is 9.10. The molecule has 1 unspecified atom stereocenters. The summed E-state index contributed by atoms with van der Waals surface area (Å²) in [4.78, 5) is 24.9. The molecule has 0 saturated carbocycles. The number of hydrogen-bond donors (Lipinski definition) is 2. The fourth-order valence-corrected chi connectivity index (χ4v) is 3.55. The molecule has 3 aromatic rings. The first-order valence-electron chi connectivity index (χ1n) is 8.64. The van der Waals surface area contributed by atoms with E-state index in [2.05, 4.69) is 26.6 Å². The molecule has 138 valence electrons. The Balaban J connectivity index is 1.46. The van der Waals surface area contributed by atoms with Gasteiger partial charge in [0.1, 0.15) is 5.76 Å². The molecule has 2 amide bonds. The molecule has 1 aliphatic carbocycles. The number of rotatable bonds is 4. The maximum Gasteiger partial charge on any atom is 0.291 e. The summed E-state index contributed by atoms with van der Waals surface area (Å²) in [6.45, 7) is 0. The monoisotopic (exact) mass is 428 g/mol. The second-order valence-corrected chi connectivity index (χ2v) is 7.14. The molecule has 0 spiro atoms. The predicted molar refractivity (Wildman–Crippen MR) is 103 cm³/mol. The molecule has 2 N–H and O–H groups in total. The lowest BCUT2D eigenvalue weighted by Crippen LogP contribution is -2.30. The number of furan rings is 2. The van der Waals surface area contributed by atoms with Gasteiger partial charge < -0.3 is 19.5 Å². The molecule has 7 heteroatoms. The summed E-state index contributed by atoms with van der Waals surface area (Å²) < 4.78 is 11.2. The smallest absolute Gasteiger partial charge is 0.291 e. The Bertz CT molecular complexity index is 991. The molecule has 0 saturated heterocycles. The number of aryl methyl sites for hydroxylation is 1. The van der Waals surface area contributed by atoms with E-state index in [9.17, 15) is 9.59 Å². The predicted octanol–water partition coefficient (Wildman–Crippen LogP) is 4.69. The summed E-state index contributed by atoms with van der Waals surface area (Å²) in [6, 6.07) is 11.9. The van der Waals surface area contributed by atoms with Crippen molar-refractivity contribution in [2.24, 2.45) is 0 Å². The van der Waals surface area contributed by atoms with Gasteiger partial charge in [-0.2, -0.15) is 0 Å². The van der Waals surface area contributed by atoms with E-state index in [1.54, 1.807) is 42.7 Å². The number of nitrogens with one attached hydrogen (secondary N) is 2. The molecular formula is C20H17BrN2O4. The van der Waals surface area contributed by atoms with Crippen LogP contribution in [0, 0.1) is 0 Å². The quantitative estimate of drug-likeness (QED) is 0.630. The van der Waals surface area contributed by atoms with Crippen LogP contribution in [0.3, 0.4) is 0 Å². The van der Waals surface area contributed by atoms with E-state index in [1.165, 1.54) is 0 Å². The number of fused-ring (bicyclic) bond motifs is 1. The molecule has 2 heterocycles. The minimum Gasteiger partial charge on any atom is -0.469 e. The fourth-order valence-electron chi connectivity index (χ4n) is 3.25. The first-order valence-corrected chi connectivity index (χ1v) is 9.43. The van der Waals surface area contributed by atoms with E-state index >= 15 is 0 Å². The van der Waals surface area contributed by atoms with Crippen LogP contribution in [0.2, 0.25) is 0 Å². The average molecular weight is 429 g/mol. The van der Waals surface area contributed by atoms with Crippen LogP contribution < -0.4 is 10.6 Å². The molecule has 0 aliphatic heterocycles. The van der Waals surface area contributed by atoms with Crippen molar-refractivity contribution < 1.29 is 18.4 Å². The number of benzene rings is 1. The largest absolute Gasteiger partial charge is 0.469 e.